The molecular weight excluding hydrogens is 188 g/mol. The maximum Gasteiger partial charge on any atom is 0.306 e. The molecule has 0 saturated heterocycles. The van der Waals surface area contributed by atoms with Crippen LogP contribution in [0.1, 0.15) is 26.7 Å². The molecule has 80 valence electrons. The van der Waals surface area contributed by atoms with Gasteiger partial charge in [-0.1, -0.05) is 13.8 Å². The Balaban J connectivity index is 3.99. The minimum Gasteiger partial charge on any atom is -0.481 e. The predicted molar refractivity (Wildman–Crippen MR) is 47.8 cm³/mol. The standard InChI is InChI=1S/C9H14O5/c1-5(8(11)12)3-7(10)4-6(2)9(13)14/h5-6H,3-4H2,1-2H3,(H,11,12)(H,13,14). The smallest absolute Gasteiger partial charge is 0.306 e. The number of hydrogen-bond acceptors (Lipinski definition) is 3. The van der Waals surface area contributed by atoms with Gasteiger partial charge in [-0.2, -0.15) is 0 Å². The molecule has 2 atom stereocenters. The van der Waals surface area contributed by atoms with Crippen LogP contribution in [0.3, 0.4) is 0 Å². The predicted octanol–water partition coefficient (Wildman–Crippen LogP) is 0.777. The molecule has 0 aromatic heterocycles. The van der Waals surface area contributed by atoms with Crippen molar-refractivity contribution in [1.82, 2.24) is 0 Å². The average molecular weight is 202 g/mol. The SMILES string of the molecule is CC(CC(=O)CC(C)C(=O)O)C(=O)O. The zero-order valence-corrected chi connectivity index (χ0v) is 8.19. The summed E-state index contributed by atoms with van der Waals surface area (Å²) in [6.07, 6.45) is -0.208. The van der Waals surface area contributed by atoms with Gasteiger partial charge in [0.25, 0.3) is 0 Å². The van der Waals surface area contributed by atoms with Crippen molar-refractivity contribution in [1.29, 1.82) is 0 Å². The molecule has 0 aromatic carbocycles. The van der Waals surface area contributed by atoms with Gasteiger partial charge in [-0.3, -0.25) is 14.4 Å². The van der Waals surface area contributed by atoms with Crippen molar-refractivity contribution in [2.24, 2.45) is 11.8 Å². The lowest BCUT2D eigenvalue weighted by atomic mass is 9.98. The number of ketones is 1. The Morgan fingerprint density at radius 3 is 1.43 bits per heavy atom. The van der Waals surface area contributed by atoms with Crippen LogP contribution in [-0.2, 0) is 14.4 Å². The zero-order chi connectivity index (χ0) is 11.3. The van der Waals surface area contributed by atoms with E-state index in [0.717, 1.165) is 0 Å². The third kappa shape index (κ3) is 4.59. The van der Waals surface area contributed by atoms with Gasteiger partial charge in [0.15, 0.2) is 0 Å². The molecule has 0 radical (unpaired) electrons. The van der Waals surface area contributed by atoms with Crippen LogP contribution in [-0.4, -0.2) is 27.9 Å². The van der Waals surface area contributed by atoms with Gasteiger partial charge in [0.2, 0.25) is 0 Å². The van der Waals surface area contributed by atoms with E-state index in [1.54, 1.807) is 0 Å². The first-order valence-corrected chi connectivity index (χ1v) is 4.32. The highest BCUT2D eigenvalue weighted by Gasteiger charge is 2.20. The molecule has 0 aliphatic heterocycles. The van der Waals surface area contributed by atoms with Crippen LogP contribution in [0.15, 0.2) is 0 Å². The summed E-state index contributed by atoms with van der Waals surface area (Å²) in [4.78, 5) is 31.9. The van der Waals surface area contributed by atoms with Crippen LogP contribution < -0.4 is 0 Å². The lowest BCUT2D eigenvalue weighted by Gasteiger charge is -2.07. The summed E-state index contributed by atoms with van der Waals surface area (Å²) >= 11 is 0. The van der Waals surface area contributed by atoms with Gasteiger partial charge in [0, 0.05) is 12.8 Å². The fourth-order valence-electron chi connectivity index (χ4n) is 0.941. The molecule has 0 bridgehead atoms. The molecule has 2 unspecified atom stereocenters. The minimum absolute atomic E-state index is 0.104. The number of carbonyl (C=O) groups is 3. The van der Waals surface area contributed by atoms with E-state index in [1.165, 1.54) is 13.8 Å². The monoisotopic (exact) mass is 202 g/mol. The van der Waals surface area contributed by atoms with Crippen LogP contribution in [0.25, 0.3) is 0 Å². The van der Waals surface area contributed by atoms with Crippen LogP contribution in [0.5, 0.6) is 0 Å². The minimum atomic E-state index is -1.04. The second kappa shape index (κ2) is 5.36. The molecule has 0 saturated carbocycles. The second-order valence-corrected chi connectivity index (χ2v) is 3.43. The molecule has 5 nitrogen and oxygen atoms in total. The normalized spacial score (nSPS) is 14.4. The lowest BCUT2D eigenvalue weighted by molar-refractivity contribution is -0.144. The number of carboxylic acid groups (broad SMARTS) is 2. The van der Waals surface area contributed by atoms with Crippen molar-refractivity contribution in [2.45, 2.75) is 26.7 Å². The summed E-state index contributed by atoms with van der Waals surface area (Å²) in [5, 5.41) is 17.0. The van der Waals surface area contributed by atoms with E-state index in [-0.39, 0.29) is 18.6 Å². The molecule has 5 heteroatoms. The Morgan fingerprint density at radius 1 is 0.929 bits per heavy atom. The van der Waals surface area contributed by atoms with Crippen molar-refractivity contribution in [2.75, 3.05) is 0 Å². The molecule has 0 fully saturated rings. The maximum absolute atomic E-state index is 11.1. The van der Waals surface area contributed by atoms with Gasteiger partial charge < -0.3 is 10.2 Å². The summed E-state index contributed by atoms with van der Waals surface area (Å²) < 4.78 is 0. The van der Waals surface area contributed by atoms with E-state index in [9.17, 15) is 14.4 Å². The highest BCUT2D eigenvalue weighted by Crippen LogP contribution is 2.09. The largest absolute Gasteiger partial charge is 0.481 e. The first kappa shape index (κ1) is 12.6. The molecule has 0 aliphatic rings. The summed E-state index contributed by atoms with van der Waals surface area (Å²) in [7, 11) is 0. The van der Waals surface area contributed by atoms with Crippen molar-refractivity contribution in [3.8, 4) is 0 Å². The molecule has 0 amide bonds. The number of rotatable bonds is 6. The van der Waals surface area contributed by atoms with Crippen LogP contribution in [0.2, 0.25) is 0 Å². The van der Waals surface area contributed by atoms with Gasteiger partial charge in [-0.25, -0.2) is 0 Å². The summed E-state index contributed by atoms with van der Waals surface area (Å²) in [6, 6.07) is 0. The molecule has 0 aliphatic carbocycles. The van der Waals surface area contributed by atoms with E-state index < -0.39 is 23.8 Å². The van der Waals surface area contributed by atoms with Gasteiger partial charge in [-0.15, -0.1) is 0 Å². The molecule has 0 rings (SSSR count). The van der Waals surface area contributed by atoms with Gasteiger partial charge >= 0.3 is 11.9 Å². The fourth-order valence-corrected chi connectivity index (χ4v) is 0.941. The Morgan fingerprint density at radius 2 is 1.21 bits per heavy atom. The average Bonchev–Trinajstić information content (AvgIpc) is 2.03. The third-order valence-corrected chi connectivity index (χ3v) is 1.91. The second-order valence-electron chi connectivity index (χ2n) is 3.43. The first-order valence-electron chi connectivity index (χ1n) is 4.32. The van der Waals surface area contributed by atoms with E-state index in [0.29, 0.717) is 0 Å². The van der Waals surface area contributed by atoms with Crippen molar-refractivity contribution >= 4 is 17.7 Å². The number of carbonyl (C=O) groups excluding carboxylic acids is 1. The quantitative estimate of drug-likeness (QED) is 0.664. The van der Waals surface area contributed by atoms with E-state index in [4.69, 9.17) is 10.2 Å². The number of Topliss-reactive ketones (excluding diaryl/α,β-unsaturated/α-hetero) is 1. The van der Waals surface area contributed by atoms with Crippen LogP contribution in [0, 0.1) is 11.8 Å². The van der Waals surface area contributed by atoms with E-state index in [2.05, 4.69) is 0 Å². The highest BCUT2D eigenvalue weighted by molar-refractivity contribution is 5.86. The zero-order valence-electron chi connectivity index (χ0n) is 8.19. The molecular formula is C9H14O5. The topological polar surface area (TPSA) is 91.7 Å². The highest BCUT2D eigenvalue weighted by atomic mass is 16.4. The number of carboxylic acids is 2. The molecule has 2 N–H and O–H groups in total. The Hall–Kier alpha value is -1.39. The van der Waals surface area contributed by atoms with Crippen molar-refractivity contribution < 1.29 is 24.6 Å². The Labute approximate surface area is 81.7 Å². The molecule has 0 aromatic rings. The van der Waals surface area contributed by atoms with E-state index >= 15 is 0 Å². The third-order valence-electron chi connectivity index (χ3n) is 1.91. The van der Waals surface area contributed by atoms with Gasteiger partial charge in [0.1, 0.15) is 5.78 Å². The summed E-state index contributed by atoms with van der Waals surface area (Å²) in [5.74, 6) is -3.90. The number of hydrogen-bond donors (Lipinski definition) is 2. The molecule has 0 spiro atoms. The van der Waals surface area contributed by atoms with Crippen molar-refractivity contribution in [3.05, 3.63) is 0 Å². The molecule has 14 heavy (non-hydrogen) atoms. The first-order chi connectivity index (χ1) is 6.34. The van der Waals surface area contributed by atoms with Crippen molar-refractivity contribution in [3.63, 3.8) is 0 Å². The Bertz CT molecular complexity index is 222. The van der Waals surface area contributed by atoms with Crippen LogP contribution >= 0.6 is 0 Å². The fraction of sp³-hybridized carbons (Fsp3) is 0.667. The number of aliphatic carboxylic acids is 2. The Kier molecular flexibility index (Phi) is 4.83. The van der Waals surface area contributed by atoms with Gasteiger partial charge in [0.05, 0.1) is 11.8 Å². The van der Waals surface area contributed by atoms with Crippen LogP contribution in [0.4, 0.5) is 0 Å². The maximum atomic E-state index is 11.1. The lowest BCUT2D eigenvalue weighted by Crippen LogP contribution is -2.19. The summed E-state index contributed by atoms with van der Waals surface area (Å²) in [5.41, 5.74) is 0. The molecule has 0 heterocycles. The summed E-state index contributed by atoms with van der Waals surface area (Å²) in [6.45, 7) is 2.84. The van der Waals surface area contributed by atoms with Gasteiger partial charge in [-0.05, 0) is 0 Å². The van der Waals surface area contributed by atoms with E-state index in [1.807, 2.05) is 0 Å².